The van der Waals surface area contributed by atoms with E-state index >= 15 is 0 Å². The van der Waals surface area contributed by atoms with Crippen molar-refractivity contribution in [3.05, 3.63) is 71.3 Å². The van der Waals surface area contributed by atoms with Crippen LogP contribution in [0.15, 0.2) is 54.6 Å². The lowest BCUT2D eigenvalue weighted by molar-refractivity contribution is -0.908. The Kier molecular flexibility index (Phi) is 6.71. The zero-order valence-electron chi connectivity index (χ0n) is 15.0. The zero-order chi connectivity index (χ0) is 18.2. The largest absolute Gasteiger partial charge is 0.355 e. The van der Waals surface area contributed by atoms with Crippen molar-refractivity contribution in [2.45, 2.75) is 26.1 Å². The molecule has 3 N–H and O–H groups in total. The molecule has 0 aliphatic heterocycles. The molecule has 25 heavy (non-hydrogen) atoms. The highest BCUT2D eigenvalue weighted by Gasteiger charge is 2.21. The highest BCUT2D eigenvalue weighted by atomic mass is 16.2. The van der Waals surface area contributed by atoms with E-state index in [1.54, 1.807) is 7.05 Å². The third-order valence-corrected chi connectivity index (χ3v) is 4.37. The van der Waals surface area contributed by atoms with Crippen molar-refractivity contribution in [1.29, 1.82) is 0 Å². The molecule has 0 heterocycles. The molecule has 0 aromatic heterocycles. The van der Waals surface area contributed by atoms with Gasteiger partial charge in [0.15, 0.2) is 6.04 Å². The lowest BCUT2D eigenvalue weighted by Gasteiger charge is -2.21. The van der Waals surface area contributed by atoms with Gasteiger partial charge >= 0.3 is 0 Å². The second-order valence-electron chi connectivity index (χ2n) is 6.22. The lowest BCUT2D eigenvalue weighted by Crippen LogP contribution is -3.12. The van der Waals surface area contributed by atoms with E-state index in [2.05, 4.69) is 10.6 Å². The van der Waals surface area contributed by atoms with Gasteiger partial charge in [-0.05, 0) is 24.6 Å². The summed E-state index contributed by atoms with van der Waals surface area (Å²) < 4.78 is 0. The summed E-state index contributed by atoms with van der Waals surface area (Å²) >= 11 is 0. The van der Waals surface area contributed by atoms with Gasteiger partial charge in [-0.15, -0.1) is 0 Å². The van der Waals surface area contributed by atoms with Gasteiger partial charge in [0, 0.05) is 24.7 Å². The summed E-state index contributed by atoms with van der Waals surface area (Å²) in [6, 6.07) is 17.2. The Bertz CT molecular complexity index is 699. The third kappa shape index (κ3) is 5.43. The molecule has 5 nitrogen and oxygen atoms in total. The Labute approximate surface area is 149 Å². The molecule has 5 heteroatoms. The molecule has 2 rings (SSSR count). The molecule has 0 fully saturated rings. The van der Waals surface area contributed by atoms with Gasteiger partial charge in [-0.2, -0.15) is 0 Å². The third-order valence-electron chi connectivity index (χ3n) is 4.37. The molecule has 1 unspecified atom stereocenters. The molecule has 2 aromatic carbocycles. The molecular formula is C20H26N3O2+. The summed E-state index contributed by atoms with van der Waals surface area (Å²) in [5.41, 5.74) is 2.82. The quantitative estimate of drug-likeness (QED) is 0.697. The van der Waals surface area contributed by atoms with Gasteiger partial charge < -0.3 is 15.5 Å². The second kappa shape index (κ2) is 8.99. The molecule has 2 aromatic rings. The van der Waals surface area contributed by atoms with Crippen LogP contribution in [-0.4, -0.2) is 32.0 Å². The van der Waals surface area contributed by atoms with E-state index in [4.69, 9.17) is 0 Å². The molecule has 2 atom stereocenters. The van der Waals surface area contributed by atoms with E-state index < -0.39 is 0 Å². The first-order valence-electron chi connectivity index (χ1n) is 8.46. The van der Waals surface area contributed by atoms with Gasteiger partial charge in [0.2, 0.25) is 0 Å². The molecule has 0 radical (unpaired) electrons. The van der Waals surface area contributed by atoms with E-state index in [1.807, 2.05) is 68.6 Å². The number of hydrogen-bond acceptors (Lipinski definition) is 2. The summed E-state index contributed by atoms with van der Waals surface area (Å²) in [5, 5.41) is 5.59. The highest BCUT2D eigenvalue weighted by Crippen LogP contribution is 2.03. The highest BCUT2D eigenvalue weighted by molar-refractivity contribution is 5.93. The Balaban J connectivity index is 1.87. The van der Waals surface area contributed by atoms with Crippen molar-refractivity contribution in [1.82, 2.24) is 10.6 Å². The standard InChI is InChI=1S/C20H25N3O2/c1-15(19(24)22-13-16-7-5-4-6-8-16)23(3)14-17-9-11-18(12-10-17)20(25)21-2/h4-12,15H,13-14H2,1-3H3,(H,21,25)(H,22,24)/p+1/t15-/m1/s1. The number of likely N-dealkylation sites (N-methyl/N-ethyl adjacent to an activating group) is 1. The molecule has 0 spiro atoms. The minimum absolute atomic E-state index is 0.0309. The van der Waals surface area contributed by atoms with Crippen molar-refractivity contribution < 1.29 is 14.5 Å². The van der Waals surface area contributed by atoms with Crippen molar-refractivity contribution >= 4 is 11.8 Å². The van der Waals surface area contributed by atoms with Crippen LogP contribution in [0.3, 0.4) is 0 Å². The van der Waals surface area contributed by atoms with Crippen LogP contribution >= 0.6 is 0 Å². The van der Waals surface area contributed by atoms with Crippen LogP contribution in [0.1, 0.15) is 28.4 Å². The Morgan fingerprint density at radius 3 is 2.24 bits per heavy atom. The van der Waals surface area contributed by atoms with Crippen molar-refractivity contribution in [2.75, 3.05) is 14.1 Å². The average Bonchev–Trinajstić information content (AvgIpc) is 2.66. The van der Waals surface area contributed by atoms with Crippen molar-refractivity contribution in [2.24, 2.45) is 0 Å². The predicted octanol–water partition coefficient (Wildman–Crippen LogP) is 0.766. The predicted molar refractivity (Wildman–Crippen MR) is 98.2 cm³/mol. The number of carbonyl (C=O) groups excluding carboxylic acids is 2. The van der Waals surface area contributed by atoms with Crippen LogP contribution in [0, 0.1) is 0 Å². The summed E-state index contributed by atoms with van der Waals surface area (Å²) in [6.07, 6.45) is 0. The number of quaternary nitrogens is 1. The van der Waals surface area contributed by atoms with E-state index in [9.17, 15) is 9.59 Å². The number of benzene rings is 2. The minimum atomic E-state index is -0.165. The van der Waals surface area contributed by atoms with Crippen LogP contribution in [0.25, 0.3) is 0 Å². The topological polar surface area (TPSA) is 62.6 Å². The van der Waals surface area contributed by atoms with Gasteiger partial charge in [-0.1, -0.05) is 42.5 Å². The second-order valence-corrected chi connectivity index (χ2v) is 6.22. The van der Waals surface area contributed by atoms with Gasteiger partial charge in [0.25, 0.3) is 11.8 Å². The monoisotopic (exact) mass is 340 g/mol. The first kappa shape index (κ1) is 18.7. The number of amides is 2. The van der Waals surface area contributed by atoms with Crippen LogP contribution in [0.2, 0.25) is 0 Å². The summed E-state index contributed by atoms with van der Waals surface area (Å²) in [6.45, 7) is 3.18. The number of nitrogens with one attached hydrogen (secondary N) is 3. The zero-order valence-corrected chi connectivity index (χ0v) is 15.0. The number of rotatable bonds is 7. The first-order chi connectivity index (χ1) is 12.0. The van der Waals surface area contributed by atoms with Crippen molar-refractivity contribution in [3.63, 3.8) is 0 Å². The summed E-state index contributed by atoms with van der Waals surface area (Å²) in [7, 11) is 3.61. The normalized spacial score (nSPS) is 12.9. The maximum atomic E-state index is 12.3. The van der Waals surface area contributed by atoms with Crippen LogP contribution in [0.4, 0.5) is 0 Å². The first-order valence-corrected chi connectivity index (χ1v) is 8.46. The van der Waals surface area contributed by atoms with E-state index in [-0.39, 0.29) is 17.9 Å². The molecule has 2 amide bonds. The van der Waals surface area contributed by atoms with Crippen LogP contribution in [0.5, 0.6) is 0 Å². The van der Waals surface area contributed by atoms with E-state index in [0.717, 1.165) is 16.0 Å². The molecule has 0 aliphatic carbocycles. The lowest BCUT2D eigenvalue weighted by atomic mass is 10.1. The van der Waals surface area contributed by atoms with Gasteiger partial charge in [-0.3, -0.25) is 9.59 Å². The molecule has 0 saturated carbocycles. The summed E-state index contributed by atoms with van der Waals surface area (Å²) in [5.74, 6) is -0.0655. The molecule has 132 valence electrons. The van der Waals surface area contributed by atoms with Crippen LogP contribution < -0.4 is 15.5 Å². The van der Waals surface area contributed by atoms with Crippen LogP contribution in [-0.2, 0) is 17.9 Å². The van der Waals surface area contributed by atoms with Crippen molar-refractivity contribution in [3.8, 4) is 0 Å². The maximum Gasteiger partial charge on any atom is 0.278 e. The average molecular weight is 340 g/mol. The Hall–Kier alpha value is -2.66. The minimum Gasteiger partial charge on any atom is -0.355 e. The molecule has 0 saturated heterocycles. The SMILES string of the molecule is CNC(=O)c1ccc(C[NH+](C)[C@H](C)C(=O)NCc2ccccc2)cc1. The fraction of sp³-hybridized carbons (Fsp3) is 0.300. The van der Waals surface area contributed by atoms with Gasteiger partial charge in [0.05, 0.1) is 7.05 Å². The maximum absolute atomic E-state index is 12.3. The summed E-state index contributed by atoms with van der Waals surface area (Å²) in [4.78, 5) is 25.0. The van der Waals surface area contributed by atoms with Gasteiger partial charge in [0.1, 0.15) is 6.54 Å². The smallest absolute Gasteiger partial charge is 0.278 e. The number of hydrogen-bond donors (Lipinski definition) is 3. The van der Waals surface area contributed by atoms with E-state index in [1.165, 1.54) is 0 Å². The molecular weight excluding hydrogens is 314 g/mol. The Morgan fingerprint density at radius 2 is 1.64 bits per heavy atom. The Morgan fingerprint density at radius 1 is 1.00 bits per heavy atom. The van der Waals surface area contributed by atoms with Gasteiger partial charge in [-0.25, -0.2) is 0 Å². The number of carbonyl (C=O) groups is 2. The van der Waals surface area contributed by atoms with E-state index in [0.29, 0.717) is 18.7 Å². The molecule has 0 bridgehead atoms. The fourth-order valence-electron chi connectivity index (χ4n) is 2.56. The fourth-order valence-corrected chi connectivity index (χ4v) is 2.56. The molecule has 0 aliphatic rings.